The molecule has 8 nitrogen and oxygen atoms in total. The topological polar surface area (TPSA) is 98.1 Å². The van der Waals surface area contributed by atoms with E-state index >= 15 is 0 Å². The molecule has 1 rings (SSSR count). The Morgan fingerprint density at radius 1 is 1.27 bits per heavy atom. The number of rotatable bonds is 7. The predicted octanol–water partition coefficient (Wildman–Crippen LogP) is 1.16. The van der Waals surface area contributed by atoms with Crippen molar-refractivity contribution in [2.24, 2.45) is 0 Å². The number of imide groups is 1. The molecule has 0 unspecified atom stereocenters. The summed E-state index contributed by atoms with van der Waals surface area (Å²) in [6.45, 7) is 4.59. The first-order valence-electron chi connectivity index (χ1n) is 6.86. The van der Waals surface area contributed by atoms with Crippen LogP contribution in [0, 0.1) is 0 Å². The van der Waals surface area contributed by atoms with Crippen LogP contribution >= 0.6 is 0 Å². The van der Waals surface area contributed by atoms with Gasteiger partial charge in [-0.1, -0.05) is 6.92 Å². The van der Waals surface area contributed by atoms with Crippen molar-refractivity contribution in [2.45, 2.75) is 20.4 Å². The number of nitrogens with zero attached hydrogens (tertiary/aromatic N) is 1. The molecule has 0 aliphatic rings. The Labute approximate surface area is 128 Å². The Hall–Kier alpha value is -2.35. The normalized spacial score (nSPS) is 10.4. The lowest BCUT2D eigenvalue weighted by atomic mass is 10.3. The summed E-state index contributed by atoms with van der Waals surface area (Å²) in [5, 5.41) is 2.12. The number of likely N-dealkylation sites (N-methyl/N-ethyl adjacent to an activating group) is 1. The van der Waals surface area contributed by atoms with Gasteiger partial charge in [0.1, 0.15) is 5.76 Å². The predicted molar refractivity (Wildman–Crippen MR) is 76.2 cm³/mol. The van der Waals surface area contributed by atoms with Crippen molar-refractivity contribution in [2.75, 3.05) is 26.8 Å². The quantitative estimate of drug-likeness (QED) is 0.754. The Bertz CT molecular complexity index is 525. The van der Waals surface area contributed by atoms with Crippen LogP contribution in [-0.4, -0.2) is 49.7 Å². The number of methoxy groups -OCH3 is 1. The molecule has 0 atom stereocenters. The minimum absolute atomic E-state index is 0.00354. The van der Waals surface area contributed by atoms with Gasteiger partial charge >= 0.3 is 12.1 Å². The highest BCUT2D eigenvalue weighted by molar-refractivity contribution is 5.92. The third kappa shape index (κ3) is 5.57. The first kappa shape index (κ1) is 17.7. The van der Waals surface area contributed by atoms with Crippen molar-refractivity contribution in [3.63, 3.8) is 0 Å². The molecule has 22 heavy (non-hydrogen) atoms. The van der Waals surface area contributed by atoms with E-state index < -0.39 is 18.0 Å². The SMILES string of the molecule is CCOC(=O)NC(=O)CN(CC)Cc1ccc(C(=O)OC)o1. The first-order chi connectivity index (χ1) is 10.5. The smallest absolute Gasteiger partial charge is 0.413 e. The first-order valence-corrected chi connectivity index (χ1v) is 6.86. The van der Waals surface area contributed by atoms with Gasteiger partial charge in [-0.3, -0.25) is 15.0 Å². The Morgan fingerprint density at radius 3 is 2.59 bits per heavy atom. The Balaban J connectivity index is 2.54. The van der Waals surface area contributed by atoms with E-state index in [0.717, 1.165) is 0 Å². The minimum atomic E-state index is -0.769. The van der Waals surface area contributed by atoms with Crippen molar-refractivity contribution in [3.05, 3.63) is 23.7 Å². The molecule has 0 saturated heterocycles. The van der Waals surface area contributed by atoms with Crippen molar-refractivity contribution in [1.29, 1.82) is 0 Å². The second-order valence-corrected chi connectivity index (χ2v) is 4.33. The molecule has 0 radical (unpaired) electrons. The van der Waals surface area contributed by atoms with Gasteiger partial charge in [-0.2, -0.15) is 0 Å². The third-order valence-electron chi connectivity index (χ3n) is 2.76. The highest BCUT2D eigenvalue weighted by Gasteiger charge is 2.16. The molecule has 1 N–H and O–H groups in total. The van der Waals surface area contributed by atoms with E-state index in [1.54, 1.807) is 17.9 Å². The lowest BCUT2D eigenvalue weighted by molar-refractivity contribution is -0.121. The standard InChI is InChI=1S/C14H20N2O6/c1-4-16(9-12(17)15-14(19)21-5-2)8-10-6-7-11(22-10)13(18)20-3/h6-7H,4-5,8-9H2,1-3H3,(H,15,17,19). The van der Waals surface area contributed by atoms with Crippen molar-refractivity contribution in [3.8, 4) is 0 Å². The monoisotopic (exact) mass is 312 g/mol. The van der Waals surface area contributed by atoms with Crippen LogP contribution < -0.4 is 5.32 Å². The number of carbonyl (C=O) groups is 3. The fraction of sp³-hybridized carbons (Fsp3) is 0.500. The number of ether oxygens (including phenoxy) is 2. The maximum Gasteiger partial charge on any atom is 0.413 e. The van der Waals surface area contributed by atoms with E-state index in [0.29, 0.717) is 18.8 Å². The van der Waals surface area contributed by atoms with E-state index in [1.165, 1.54) is 13.2 Å². The summed E-state index contributed by atoms with van der Waals surface area (Å²) in [5.74, 6) is -0.412. The number of hydrogen-bond acceptors (Lipinski definition) is 7. The summed E-state index contributed by atoms with van der Waals surface area (Å²) in [6.07, 6.45) is -0.769. The summed E-state index contributed by atoms with van der Waals surface area (Å²) >= 11 is 0. The lowest BCUT2D eigenvalue weighted by Gasteiger charge is -2.18. The van der Waals surface area contributed by atoms with Crippen molar-refractivity contribution < 1.29 is 28.3 Å². The highest BCUT2D eigenvalue weighted by atomic mass is 16.5. The maximum atomic E-state index is 11.7. The average Bonchev–Trinajstić information content (AvgIpc) is 2.94. The Kier molecular flexibility index (Phi) is 7.11. The molecule has 2 amide bonds. The van der Waals surface area contributed by atoms with Crippen LogP contribution in [0.1, 0.15) is 30.2 Å². The number of amides is 2. The molecule has 1 aromatic rings. The lowest BCUT2D eigenvalue weighted by Crippen LogP contribution is -2.40. The number of alkyl carbamates (subject to hydrolysis) is 1. The van der Waals surface area contributed by atoms with Crippen molar-refractivity contribution >= 4 is 18.0 Å². The third-order valence-corrected chi connectivity index (χ3v) is 2.76. The van der Waals surface area contributed by atoms with Crippen molar-refractivity contribution in [1.82, 2.24) is 10.2 Å². The van der Waals surface area contributed by atoms with E-state index in [9.17, 15) is 14.4 Å². The molecule has 1 aromatic heterocycles. The van der Waals surface area contributed by atoms with E-state index in [1.807, 2.05) is 6.92 Å². The molecular weight excluding hydrogens is 292 g/mol. The molecule has 0 bridgehead atoms. The summed E-state index contributed by atoms with van der Waals surface area (Å²) in [6, 6.07) is 3.14. The van der Waals surface area contributed by atoms with Gasteiger partial charge in [-0.05, 0) is 25.6 Å². The van der Waals surface area contributed by atoms with Gasteiger partial charge in [0.2, 0.25) is 11.7 Å². The summed E-state index contributed by atoms with van der Waals surface area (Å²) in [4.78, 5) is 35.9. The minimum Gasteiger partial charge on any atom is -0.463 e. The molecule has 0 spiro atoms. The van der Waals surface area contributed by atoms with E-state index in [2.05, 4.69) is 14.8 Å². The van der Waals surface area contributed by atoms with Gasteiger partial charge in [0.15, 0.2) is 0 Å². The van der Waals surface area contributed by atoms with Gasteiger partial charge < -0.3 is 13.9 Å². The molecule has 0 fully saturated rings. The second kappa shape index (κ2) is 8.83. The zero-order chi connectivity index (χ0) is 16.5. The van der Waals surface area contributed by atoms with Crippen LogP contribution in [0.5, 0.6) is 0 Å². The molecule has 0 aliphatic carbocycles. The van der Waals surface area contributed by atoms with Crippen LogP contribution in [0.3, 0.4) is 0 Å². The molecule has 0 aliphatic heterocycles. The number of carbonyl (C=O) groups excluding carboxylic acids is 3. The molecule has 122 valence electrons. The number of furan rings is 1. The fourth-order valence-corrected chi connectivity index (χ4v) is 1.70. The summed E-state index contributed by atoms with van der Waals surface area (Å²) in [7, 11) is 1.27. The highest BCUT2D eigenvalue weighted by Crippen LogP contribution is 2.11. The van der Waals surface area contributed by atoms with Gasteiger partial charge in [-0.25, -0.2) is 9.59 Å². The maximum absolute atomic E-state index is 11.7. The fourth-order valence-electron chi connectivity index (χ4n) is 1.70. The van der Waals surface area contributed by atoms with E-state index in [-0.39, 0.29) is 18.9 Å². The van der Waals surface area contributed by atoms with Gasteiger partial charge in [-0.15, -0.1) is 0 Å². The van der Waals surface area contributed by atoms with Gasteiger partial charge in [0.05, 0.1) is 26.8 Å². The molecule has 8 heteroatoms. The average molecular weight is 312 g/mol. The van der Waals surface area contributed by atoms with Gasteiger partial charge in [0.25, 0.3) is 0 Å². The van der Waals surface area contributed by atoms with Crippen LogP contribution in [0.25, 0.3) is 0 Å². The summed E-state index contributed by atoms with van der Waals surface area (Å²) < 4.78 is 14.5. The zero-order valence-corrected chi connectivity index (χ0v) is 12.9. The molecule has 1 heterocycles. The molecular formula is C14H20N2O6. The molecule has 0 aromatic carbocycles. The van der Waals surface area contributed by atoms with Crippen LogP contribution in [0.2, 0.25) is 0 Å². The largest absolute Gasteiger partial charge is 0.463 e. The Morgan fingerprint density at radius 2 is 2.00 bits per heavy atom. The second-order valence-electron chi connectivity index (χ2n) is 4.33. The number of esters is 1. The van der Waals surface area contributed by atoms with Crippen LogP contribution in [-0.2, 0) is 20.8 Å². The van der Waals surface area contributed by atoms with Crippen LogP contribution in [0.4, 0.5) is 4.79 Å². The number of hydrogen-bond donors (Lipinski definition) is 1. The van der Waals surface area contributed by atoms with Crippen LogP contribution in [0.15, 0.2) is 16.5 Å². The molecule has 0 saturated carbocycles. The summed E-state index contributed by atoms with van der Waals surface area (Å²) in [5.41, 5.74) is 0. The zero-order valence-electron chi connectivity index (χ0n) is 12.9. The van der Waals surface area contributed by atoms with E-state index in [4.69, 9.17) is 4.42 Å². The van der Waals surface area contributed by atoms with Gasteiger partial charge in [0, 0.05) is 0 Å². The number of nitrogens with one attached hydrogen (secondary N) is 1.